The third kappa shape index (κ3) is 10.9. The van der Waals surface area contributed by atoms with Crippen molar-refractivity contribution in [2.45, 2.75) is 62.9 Å². The smallest absolute Gasteiger partial charge is 0.326 e. The minimum atomic E-state index is -1.59. The molecule has 0 heterocycles. The molecule has 14 nitrogen and oxygen atoms in total. The maximum atomic E-state index is 12.5. The van der Waals surface area contributed by atoms with Crippen LogP contribution in [-0.2, 0) is 28.8 Å². The molecule has 0 bridgehead atoms. The minimum Gasteiger partial charge on any atom is -0.481 e. The van der Waals surface area contributed by atoms with Gasteiger partial charge in [-0.2, -0.15) is 12.6 Å². The van der Waals surface area contributed by atoms with Gasteiger partial charge in [0.05, 0.1) is 6.10 Å². The summed E-state index contributed by atoms with van der Waals surface area (Å²) in [5, 5.41) is 42.6. The summed E-state index contributed by atoms with van der Waals surface area (Å²) in [5.74, 6) is -7.20. The van der Waals surface area contributed by atoms with Crippen LogP contribution in [-0.4, -0.2) is 92.1 Å². The summed E-state index contributed by atoms with van der Waals surface area (Å²) in [7, 11) is 0. The van der Waals surface area contributed by atoms with Crippen molar-refractivity contribution in [3.05, 3.63) is 0 Å². The largest absolute Gasteiger partial charge is 0.481 e. The average Bonchev–Trinajstić information content (AvgIpc) is 2.70. The second-order valence-corrected chi connectivity index (χ2v) is 7.20. The van der Waals surface area contributed by atoms with Crippen LogP contribution in [0.5, 0.6) is 0 Å². The highest BCUT2D eigenvalue weighted by molar-refractivity contribution is 7.80. The zero-order valence-electron chi connectivity index (χ0n) is 17.2. The molecule has 0 radical (unpaired) electrons. The van der Waals surface area contributed by atoms with Gasteiger partial charge in [0.2, 0.25) is 17.7 Å². The molecule has 0 saturated heterocycles. The zero-order chi connectivity index (χ0) is 25.0. The van der Waals surface area contributed by atoms with Gasteiger partial charge in [-0.25, -0.2) is 4.79 Å². The Bertz CT molecular complexity index is 717. The predicted octanol–water partition coefficient (Wildman–Crippen LogP) is -3.11. The quantitative estimate of drug-likeness (QED) is 0.106. The number of nitrogens with two attached hydrogens (primary N) is 1. The third-order valence-corrected chi connectivity index (χ3v) is 4.54. The molecular weight excluding hydrogens is 452 g/mol. The van der Waals surface area contributed by atoms with Crippen LogP contribution in [0.4, 0.5) is 0 Å². The fourth-order valence-electron chi connectivity index (χ4n) is 2.29. The van der Waals surface area contributed by atoms with E-state index in [1.54, 1.807) is 0 Å². The van der Waals surface area contributed by atoms with Crippen molar-refractivity contribution in [3.8, 4) is 0 Å². The van der Waals surface area contributed by atoms with E-state index < -0.39 is 91.6 Å². The van der Waals surface area contributed by atoms with Crippen molar-refractivity contribution in [1.82, 2.24) is 16.0 Å². The van der Waals surface area contributed by atoms with E-state index in [0.29, 0.717) is 0 Å². The van der Waals surface area contributed by atoms with Gasteiger partial charge in [-0.3, -0.25) is 24.0 Å². The van der Waals surface area contributed by atoms with E-state index >= 15 is 0 Å². The number of carbonyl (C=O) groups is 6. The molecule has 0 fully saturated rings. The number of carbonyl (C=O) groups excluding carboxylic acids is 3. The van der Waals surface area contributed by atoms with Gasteiger partial charge in [-0.15, -0.1) is 0 Å². The van der Waals surface area contributed by atoms with E-state index in [2.05, 4.69) is 28.6 Å². The Kier molecular flexibility index (Phi) is 12.9. The van der Waals surface area contributed by atoms with E-state index in [1.807, 2.05) is 0 Å². The van der Waals surface area contributed by atoms with Crippen molar-refractivity contribution >= 4 is 48.3 Å². The van der Waals surface area contributed by atoms with Crippen LogP contribution < -0.4 is 21.7 Å². The molecular formula is C17H28N4O10S. The van der Waals surface area contributed by atoms with Crippen LogP contribution >= 0.6 is 12.6 Å². The van der Waals surface area contributed by atoms with Gasteiger partial charge in [-0.05, 0) is 19.8 Å². The number of hydrogen-bond acceptors (Lipinski definition) is 9. The maximum Gasteiger partial charge on any atom is 0.326 e. The number of thiol groups is 1. The summed E-state index contributed by atoms with van der Waals surface area (Å²) in [6.45, 7) is 1.26. The van der Waals surface area contributed by atoms with Gasteiger partial charge in [0.15, 0.2) is 0 Å². The molecule has 0 rings (SSSR count). The monoisotopic (exact) mass is 480 g/mol. The first kappa shape index (κ1) is 29.1. The molecule has 3 amide bonds. The van der Waals surface area contributed by atoms with E-state index in [0.717, 1.165) is 0 Å². The number of hydrogen-bond donors (Lipinski definition) is 9. The summed E-state index contributed by atoms with van der Waals surface area (Å²) in [6, 6.07) is -5.75. The van der Waals surface area contributed by atoms with Crippen LogP contribution in [0.1, 0.15) is 32.6 Å². The SMILES string of the molecule is CC(O)C(N)C(=O)NC(CS)C(=O)NC(CCC(=O)O)C(=O)NC(CCC(=O)O)C(=O)O. The lowest BCUT2D eigenvalue weighted by atomic mass is 10.1. The van der Waals surface area contributed by atoms with E-state index in [1.165, 1.54) is 6.92 Å². The molecule has 5 atom stereocenters. The van der Waals surface area contributed by atoms with Crippen molar-refractivity contribution < 1.29 is 49.2 Å². The highest BCUT2D eigenvalue weighted by Gasteiger charge is 2.31. The van der Waals surface area contributed by atoms with Crippen molar-refractivity contribution in [2.75, 3.05) is 5.75 Å². The van der Waals surface area contributed by atoms with Crippen LogP contribution in [0.3, 0.4) is 0 Å². The Morgan fingerprint density at radius 2 is 1.19 bits per heavy atom. The first-order valence-corrected chi connectivity index (χ1v) is 10.0. The molecule has 15 heteroatoms. The van der Waals surface area contributed by atoms with Crippen LogP contribution in [0.25, 0.3) is 0 Å². The fourth-order valence-corrected chi connectivity index (χ4v) is 2.54. The molecule has 0 aliphatic carbocycles. The number of aliphatic hydroxyl groups excluding tert-OH is 1. The Morgan fingerprint density at radius 1 is 0.781 bits per heavy atom. The second-order valence-electron chi connectivity index (χ2n) is 6.84. The molecule has 0 aromatic carbocycles. The van der Waals surface area contributed by atoms with Gasteiger partial charge in [0.1, 0.15) is 24.2 Å². The van der Waals surface area contributed by atoms with Crippen LogP contribution in [0.15, 0.2) is 0 Å². The normalized spacial score (nSPS) is 15.4. The molecule has 9 N–H and O–H groups in total. The summed E-state index contributed by atoms with van der Waals surface area (Å²) < 4.78 is 0. The first-order valence-electron chi connectivity index (χ1n) is 9.42. The molecule has 0 aromatic rings. The Balaban J connectivity index is 5.37. The molecule has 0 aromatic heterocycles. The van der Waals surface area contributed by atoms with Gasteiger partial charge in [0.25, 0.3) is 0 Å². The lowest BCUT2D eigenvalue weighted by Gasteiger charge is -2.24. The Labute approximate surface area is 188 Å². The standard InChI is InChI=1S/C17H28N4O10S/c1-7(22)13(18)16(29)21-10(6-32)15(28)19-8(2-4-11(23)24)14(27)20-9(17(30)31)3-5-12(25)26/h7-10,13,22,32H,2-6,18H2,1H3,(H,19,28)(H,20,27)(H,21,29)(H,23,24)(H,25,26)(H,30,31). The summed E-state index contributed by atoms with van der Waals surface area (Å²) >= 11 is 3.93. The number of nitrogens with one attached hydrogen (secondary N) is 3. The summed E-state index contributed by atoms with van der Waals surface area (Å²) in [5.41, 5.74) is 5.48. The summed E-state index contributed by atoms with van der Waals surface area (Å²) in [6.07, 6.45) is -3.19. The lowest BCUT2D eigenvalue weighted by molar-refractivity contribution is -0.144. The van der Waals surface area contributed by atoms with Crippen LogP contribution in [0.2, 0.25) is 0 Å². The number of aliphatic carboxylic acids is 3. The highest BCUT2D eigenvalue weighted by atomic mass is 32.1. The Hall–Kier alpha value is -2.91. The van der Waals surface area contributed by atoms with Gasteiger partial charge in [-0.1, -0.05) is 0 Å². The molecule has 32 heavy (non-hydrogen) atoms. The Morgan fingerprint density at radius 3 is 1.59 bits per heavy atom. The number of aliphatic hydroxyl groups is 1. The van der Waals surface area contributed by atoms with E-state index in [4.69, 9.17) is 21.1 Å². The van der Waals surface area contributed by atoms with Crippen molar-refractivity contribution in [2.24, 2.45) is 5.73 Å². The molecule has 0 aliphatic rings. The maximum absolute atomic E-state index is 12.5. The topological polar surface area (TPSA) is 245 Å². The number of carboxylic acid groups (broad SMARTS) is 3. The number of rotatable bonds is 15. The highest BCUT2D eigenvalue weighted by Crippen LogP contribution is 2.04. The third-order valence-electron chi connectivity index (χ3n) is 4.18. The number of carboxylic acids is 3. The van der Waals surface area contributed by atoms with E-state index in [-0.39, 0.29) is 5.75 Å². The van der Waals surface area contributed by atoms with E-state index in [9.17, 15) is 33.9 Å². The molecule has 0 spiro atoms. The predicted molar refractivity (Wildman–Crippen MR) is 111 cm³/mol. The first-order chi connectivity index (χ1) is 14.8. The number of amides is 3. The zero-order valence-corrected chi connectivity index (χ0v) is 18.1. The van der Waals surface area contributed by atoms with Gasteiger partial charge >= 0.3 is 17.9 Å². The molecule has 182 valence electrons. The van der Waals surface area contributed by atoms with Crippen molar-refractivity contribution in [3.63, 3.8) is 0 Å². The average molecular weight is 480 g/mol. The summed E-state index contributed by atoms with van der Waals surface area (Å²) in [4.78, 5) is 69.8. The van der Waals surface area contributed by atoms with Crippen LogP contribution in [0, 0.1) is 0 Å². The second kappa shape index (κ2) is 14.2. The fraction of sp³-hybridized carbons (Fsp3) is 0.647. The molecule has 0 saturated carbocycles. The molecule has 0 aliphatic heterocycles. The van der Waals surface area contributed by atoms with Crippen molar-refractivity contribution in [1.29, 1.82) is 0 Å². The van der Waals surface area contributed by atoms with Gasteiger partial charge < -0.3 is 42.1 Å². The molecule has 5 unspecified atom stereocenters. The van der Waals surface area contributed by atoms with Gasteiger partial charge in [0, 0.05) is 18.6 Å². The lowest BCUT2D eigenvalue weighted by Crippen LogP contribution is -2.58. The minimum absolute atomic E-state index is 0.242.